The van der Waals surface area contributed by atoms with Gasteiger partial charge in [0.25, 0.3) is 0 Å². The maximum absolute atomic E-state index is 11.5. The maximum Gasteiger partial charge on any atom is 0.318 e. The third-order valence-corrected chi connectivity index (χ3v) is 2.55. The molecule has 6 nitrogen and oxygen atoms in total. The molecule has 17 heavy (non-hydrogen) atoms. The van der Waals surface area contributed by atoms with Crippen molar-refractivity contribution in [2.45, 2.75) is 46.2 Å². The molecule has 0 bridgehead atoms. The number of carbonyl (C=O) groups excluding carboxylic acids is 2. The molecule has 0 aromatic carbocycles. The van der Waals surface area contributed by atoms with Crippen LogP contribution in [0.2, 0.25) is 0 Å². The highest BCUT2D eigenvalue weighted by atomic mass is 16.3. The van der Waals surface area contributed by atoms with Gasteiger partial charge in [0.1, 0.15) is 0 Å². The molecule has 100 valence electrons. The zero-order valence-electron chi connectivity index (χ0n) is 10.9. The van der Waals surface area contributed by atoms with Crippen molar-refractivity contribution in [3.63, 3.8) is 0 Å². The largest absolute Gasteiger partial charge is 0.396 e. The van der Waals surface area contributed by atoms with E-state index in [9.17, 15) is 9.59 Å². The maximum atomic E-state index is 11.5. The predicted molar refractivity (Wildman–Crippen MR) is 65.3 cm³/mol. The number of hydrogen-bond acceptors (Lipinski definition) is 4. The first-order chi connectivity index (χ1) is 7.68. The lowest BCUT2D eigenvalue weighted by atomic mass is 9.84. The second kappa shape index (κ2) is 6.56. The monoisotopic (exact) mass is 245 g/mol. The van der Waals surface area contributed by atoms with Gasteiger partial charge in [-0.3, -0.25) is 10.1 Å². The summed E-state index contributed by atoms with van der Waals surface area (Å²) in [5, 5.41) is 14.1. The van der Waals surface area contributed by atoms with Gasteiger partial charge < -0.3 is 16.2 Å². The summed E-state index contributed by atoms with van der Waals surface area (Å²) in [7, 11) is 0. The SMILES string of the molecule is CC(NC(CCO)C(C)(C)C)C(=O)NC(N)=O. The Kier molecular flexibility index (Phi) is 6.12. The smallest absolute Gasteiger partial charge is 0.318 e. The molecule has 0 aromatic rings. The van der Waals surface area contributed by atoms with E-state index in [1.807, 2.05) is 26.1 Å². The number of hydrogen-bond donors (Lipinski definition) is 4. The summed E-state index contributed by atoms with van der Waals surface area (Å²) in [5.41, 5.74) is 4.77. The molecule has 0 fully saturated rings. The van der Waals surface area contributed by atoms with E-state index in [1.54, 1.807) is 6.92 Å². The van der Waals surface area contributed by atoms with Crippen LogP contribution in [0.25, 0.3) is 0 Å². The van der Waals surface area contributed by atoms with Gasteiger partial charge in [0.2, 0.25) is 5.91 Å². The lowest BCUT2D eigenvalue weighted by Crippen LogP contribution is -2.52. The molecule has 2 unspecified atom stereocenters. The van der Waals surface area contributed by atoms with Crippen LogP contribution in [0.1, 0.15) is 34.1 Å². The number of primary amides is 1. The van der Waals surface area contributed by atoms with E-state index in [-0.39, 0.29) is 18.1 Å². The molecular weight excluding hydrogens is 222 g/mol. The summed E-state index contributed by atoms with van der Waals surface area (Å²) in [6.45, 7) is 7.73. The van der Waals surface area contributed by atoms with Crippen LogP contribution in [0.5, 0.6) is 0 Å². The molecular formula is C11H23N3O3. The minimum atomic E-state index is -0.863. The first-order valence-electron chi connectivity index (χ1n) is 5.65. The summed E-state index contributed by atoms with van der Waals surface area (Å²) < 4.78 is 0. The van der Waals surface area contributed by atoms with Gasteiger partial charge in [-0.2, -0.15) is 0 Å². The second-order valence-electron chi connectivity index (χ2n) is 5.17. The Morgan fingerprint density at radius 3 is 2.24 bits per heavy atom. The Bertz CT molecular complexity index is 274. The van der Waals surface area contributed by atoms with Crippen molar-refractivity contribution in [1.29, 1.82) is 0 Å². The quantitative estimate of drug-likeness (QED) is 0.545. The van der Waals surface area contributed by atoms with E-state index in [0.29, 0.717) is 6.42 Å². The molecule has 0 rings (SSSR count). The first kappa shape index (κ1) is 15.9. The molecule has 0 radical (unpaired) electrons. The molecule has 0 aliphatic heterocycles. The highest BCUT2D eigenvalue weighted by Gasteiger charge is 2.27. The molecule has 0 aromatic heterocycles. The van der Waals surface area contributed by atoms with Crippen LogP contribution in [0.15, 0.2) is 0 Å². The highest BCUT2D eigenvalue weighted by Crippen LogP contribution is 2.22. The van der Waals surface area contributed by atoms with Crippen molar-refractivity contribution in [2.75, 3.05) is 6.61 Å². The summed E-state index contributed by atoms with van der Waals surface area (Å²) in [5.74, 6) is -0.468. The number of amides is 3. The molecule has 6 heteroatoms. The van der Waals surface area contributed by atoms with Gasteiger partial charge in [0, 0.05) is 12.6 Å². The second-order valence-corrected chi connectivity index (χ2v) is 5.17. The lowest BCUT2D eigenvalue weighted by molar-refractivity contribution is -0.122. The fourth-order valence-corrected chi connectivity index (χ4v) is 1.50. The van der Waals surface area contributed by atoms with Crippen molar-refractivity contribution in [1.82, 2.24) is 10.6 Å². The number of imide groups is 1. The van der Waals surface area contributed by atoms with E-state index in [0.717, 1.165) is 0 Å². The molecule has 2 atom stereocenters. The van der Waals surface area contributed by atoms with Crippen molar-refractivity contribution in [2.24, 2.45) is 11.1 Å². The molecule has 0 saturated carbocycles. The molecule has 0 heterocycles. The average Bonchev–Trinajstić information content (AvgIpc) is 2.14. The Hall–Kier alpha value is -1.14. The van der Waals surface area contributed by atoms with Crippen molar-refractivity contribution in [3.8, 4) is 0 Å². The van der Waals surface area contributed by atoms with Crippen LogP contribution in [-0.4, -0.2) is 35.7 Å². The molecule has 3 amide bonds. The van der Waals surface area contributed by atoms with Crippen LogP contribution < -0.4 is 16.4 Å². The molecule has 0 aliphatic carbocycles. The van der Waals surface area contributed by atoms with Crippen LogP contribution in [0.4, 0.5) is 4.79 Å². The molecule has 0 saturated heterocycles. The van der Waals surface area contributed by atoms with Gasteiger partial charge in [-0.25, -0.2) is 4.79 Å². The van der Waals surface area contributed by atoms with Crippen molar-refractivity contribution >= 4 is 11.9 Å². The number of nitrogens with one attached hydrogen (secondary N) is 2. The van der Waals surface area contributed by atoms with Crippen LogP contribution in [-0.2, 0) is 4.79 Å². The van der Waals surface area contributed by atoms with Gasteiger partial charge >= 0.3 is 6.03 Å². The number of nitrogens with two attached hydrogens (primary N) is 1. The topological polar surface area (TPSA) is 104 Å². The van der Waals surface area contributed by atoms with E-state index in [4.69, 9.17) is 10.8 Å². The fraction of sp³-hybridized carbons (Fsp3) is 0.818. The normalized spacial score (nSPS) is 15.1. The van der Waals surface area contributed by atoms with E-state index >= 15 is 0 Å². The average molecular weight is 245 g/mol. The van der Waals surface area contributed by atoms with E-state index in [1.165, 1.54) is 0 Å². The minimum Gasteiger partial charge on any atom is -0.396 e. The lowest BCUT2D eigenvalue weighted by Gasteiger charge is -2.33. The Morgan fingerprint density at radius 2 is 1.88 bits per heavy atom. The number of urea groups is 1. The van der Waals surface area contributed by atoms with Crippen LogP contribution >= 0.6 is 0 Å². The zero-order valence-corrected chi connectivity index (χ0v) is 10.9. The van der Waals surface area contributed by atoms with Gasteiger partial charge in [0.15, 0.2) is 0 Å². The first-order valence-corrected chi connectivity index (χ1v) is 5.65. The third kappa shape index (κ3) is 6.23. The number of aliphatic hydroxyl groups is 1. The van der Waals surface area contributed by atoms with Crippen molar-refractivity contribution in [3.05, 3.63) is 0 Å². The summed E-state index contributed by atoms with van der Waals surface area (Å²) >= 11 is 0. The summed E-state index contributed by atoms with van der Waals surface area (Å²) in [4.78, 5) is 22.0. The van der Waals surface area contributed by atoms with Crippen molar-refractivity contribution < 1.29 is 14.7 Å². The minimum absolute atomic E-state index is 0.0267. The fourth-order valence-electron chi connectivity index (χ4n) is 1.50. The number of carbonyl (C=O) groups is 2. The Balaban J connectivity index is 4.45. The van der Waals surface area contributed by atoms with E-state index < -0.39 is 18.0 Å². The standard InChI is InChI=1S/C11H23N3O3/c1-7(9(16)14-10(12)17)13-8(5-6-15)11(2,3)4/h7-8,13,15H,5-6H2,1-4H3,(H3,12,14,16,17). The van der Waals surface area contributed by atoms with E-state index in [2.05, 4.69) is 5.32 Å². The van der Waals surface area contributed by atoms with Crippen LogP contribution in [0.3, 0.4) is 0 Å². The number of aliphatic hydroxyl groups excluding tert-OH is 1. The number of rotatable bonds is 5. The van der Waals surface area contributed by atoms with Gasteiger partial charge in [-0.1, -0.05) is 20.8 Å². The van der Waals surface area contributed by atoms with Gasteiger partial charge in [-0.05, 0) is 18.8 Å². The summed E-state index contributed by atoms with van der Waals surface area (Å²) in [6, 6.07) is -1.43. The summed E-state index contributed by atoms with van der Waals surface area (Å²) in [6.07, 6.45) is 0.539. The van der Waals surface area contributed by atoms with Gasteiger partial charge in [0.05, 0.1) is 6.04 Å². The molecule has 5 N–H and O–H groups in total. The highest BCUT2D eigenvalue weighted by molar-refractivity contribution is 5.96. The zero-order chi connectivity index (χ0) is 13.6. The molecule has 0 aliphatic rings. The Morgan fingerprint density at radius 1 is 1.35 bits per heavy atom. The molecule has 0 spiro atoms. The third-order valence-electron chi connectivity index (χ3n) is 2.55. The van der Waals surface area contributed by atoms with Crippen LogP contribution in [0, 0.1) is 5.41 Å². The van der Waals surface area contributed by atoms with Gasteiger partial charge in [-0.15, -0.1) is 0 Å². The Labute approximate surface area is 102 Å². The predicted octanol–water partition coefficient (Wildman–Crippen LogP) is -0.0435.